The van der Waals surface area contributed by atoms with Crippen molar-refractivity contribution in [2.45, 2.75) is 30.8 Å². The summed E-state index contributed by atoms with van der Waals surface area (Å²) in [6.45, 7) is 6.94. The fourth-order valence-electron chi connectivity index (χ4n) is 2.45. The third-order valence-electron chi connectivity index (χ3n) is 4.21. The number of hydrogen-bond acceptors (Lipinski definition) is 5. The van der Waals surface area contributed by atoms with E-state index in [1.165, 1.54) is 23.9 Å². The highest BCUT2D eigenvalue weighted by Crippen LogP contribution is 2.32. The van der Waals surface area contributed by atoms with Gasteiger partial charge < -0.3 is 9.64 Å². The minimum atomic E-state index is -0.290. The summed E-state index contributed by atoms with van der Waals surface area (Å²) in [7, 11) is 1.98. The van der Waals surface area contributed by atoms with Gasteiger partial charge in [0, 0.05) is 30.8 Å². The second-order valence-electron chi connectivity index (χ2n) is 6.56. The second-order valence-corrected chi connectivity index (χ2v) is 7.60. The van der Waals surface area contributed by atoms with Crippen LogP contribution in [0.2, 0.25) is 0 Å². The van der Waals surface area contributed by atoms with Gasteiger partial charge >= 0.3 is 0 Å². The van der Waals surface area contributed by atoms with E-state index in [9.17, 15) is 4.39 Å². The summed E-state index contributed by atoms with van der Waals surface area (Å²) in [5.74, 6) is 0.857. The van der Waals surface area contributed by atoms with Crippen LogP contribution in [-0.4, -0.2) is 34.8 Å². The molecule has 0 spiro atoms. The van der Waals surface area contributed by atoms with Crippen molar-refractivity contribution >= 4 is 23.8 Å². The molecule has 0 N–H and O–H groups in total. The van der Waals surface area contributed by atoms with Crippen LogP contribution < -0.4 is 4.74 Å². The summed E-state index contributed by atoms with van der Waals surface area (Å²) in [6, 6.07) is 12.0. The van der Waals surface area contributed by atoms with Crippen molar-refractivity contribution in [1.82, 2.24) is 14.9 Å². The van der Waals surface area contributed by atoms with E-state index in [1.807, 2.05) is 50.3 Å². The van der Waals surface area contributed by atoms with Gasteiger partial charge in [-0.25, -0.2) is 14.4 Å². The molecule has 0 amide bonds. The Morgan fingerprint density at radius 3 is 2.76 bits per heavy atom. The predicted octanol–water partition coefficient (Wildman–Crippen LogP) is 5.79. The number of ether oxygens (including phenoxy) is 1. The molecule has 150 valence electrons. The van der Waals surface area contributed by atoms with E-state index in [2.05, 4.69) is 21.9 Å². The highest BCUT2D eigenvalue weighted by atomic mass is 32.2. The molecule has 7 heteroatoms. The Morgan fingerprint density at radius 2 is 2.00 bits per heavy atom. The molecule has 3 rings (SSSR count). The Balaban J connectivity index is 1.78. The standard InChI is InChI=1S/C22H23FN4OS/c1-5-27(4)14-25-19-11-16(3)20(12-15(19)2)28-21-9-10-24-22(26-21)29-18-8-6-7-17(23)13-18/h6-14H,5H2,1-4H3/b25-14+. The third kappa shape index (κ3) is 5.77. The van der Waals surface area contributed by atoms with Crippen molar-refractivity contribution in [1.29, 1.82) is 0 Å². The van der Waals surface area contributed by atoms with Crippen LogP contribution in [-0.2, 0) is 0 Å². The number of rotatable bonds is 7. The van der Waals surface area contributed by atoms with Gasteiger partial charge in [-0.2, -0.15) is 4.98 Å². The summed E-state index contributed by atoms with van der Waals surface area (Å²) in [5, 5.41) is 0.492. The molecule has 0 unspecified atom stereocenters. The van der Waals surface area contributed by atoms with Gasteiger partial charge in [0.1, 0.15) is 11.6 Å². The van der Waals surface area contributed by atoms with Crippen molar-refractivity contribution in [3.63, 3.8) is 0 Å². The third-order valence-corrected chi connectivity index (χ3v) is 5.08. The highest BCUT2D eigenvalue weighted by Gasteiger charge is 2.09. The van der Waals surface area contributed by atoms with Gasteiger partial charge in [0.25, 0.3) is 0 Å². The number of nitrogens with zero attached hydrogens (tertiary/aromatic N) is 4. The maximum atomic E-state index is 13.4. The molecule has 1 heterocycles. The summed E-state index contributed by atoms with van der Waals surface area (Å²) >= 11 is 1.28. The number of aliphatic imine (C=N–C) groups is 1. The van der Waals surface area contributed by atoms with E-state index >= 15 is 0 Å². The molecule has 0 saturated heterocycles. The maximum Gasteiger partial charge on any atom is 0.223 e. The molecular formula is C22H23FN4OS. The van der Waals surface area contributed by atoms with Crippen LogP contribution in [0.3, 0.4) is 0 Å². The largest absolute Gasteiger partial charge is 0.439 e. The van der Waals surface area contributed by atoms with Crippen LogP contribution in [0.1, 0.15) is 18.1 Å². The molecule has 2 aromatic carbocycles. The van der Waals surface area contributed by atoms with Gasteiger partial charge in [0.15, 0.2) is 5.16 Å². The molecule has 0 saturated carbocycles. The van der Waals surface area contributed by atoms with Crippen LogP contribution in [0.5, 0.6) is 11.6 Å². The smallest absolute Gasteiger partial charge is 0.223 e. The topological polar surface area (TPSA) is 50.6 Å². The zero-order valence-corrected chi connectivity index (χ0v) is 17.7. The first-order chi connectivity index (χ1) is 13.9. The molecule has 3 aromatic rings. The van der Waals surface area contributed by atoms with E-state index in [0.29, 0.717) is 16.8 Å². The summed E-state index contributed by atoms with van der Waals surface area (Å²) in [4.78, 5) is 15.9. The van der Waals surface area contributed by atoms with Gasteiger partial charge in [-0.3, -0.25) is 0 Å². The van der Waals surface area contributed by atoms with Crippen LogP contribution in [0.25, 0.3) is 0 Å². The molecule has 0 fully saturated rings. The fourth-order valence-corrected chi connectivity index (χ4v) is 3.22. The van der Waals surface area contributed by atoms with Crippen molar-refractivity contribution < 1.29 is 9.13 Å². The molecule has 0 aliphatic rings. The predicted molar refractivity (Wildman–Crippen MR) is 115 cm³/mol. The quantitative estimate of drug-likeness (QED) is 0.280. The van der Waals surface area contributed by atoms with E-state index in [4.69, 9.17) is 4.74 Å². The Kier molecular flexibility index (Phi) is 6.82. The lowest BCUT2D eigenvalue weighted by atomic mass is 10.1. The van der Waals surface area contributed by atoms with E-state index < -0.39 is 0 Å². The first kappa shape index (κ1) is 20.8. The average molecular weight is 411 g/mol. The van der Waals surface area contributed by atoms with Gasteiger partial charge in [0.2, 0.25) is 5.88 Å². The first-order valence-electron chi connectivity index (χ1n) is 9.24. The molecule has 0 radical (unpaired) electrons. The van der Waals surface area contributed by atoms with E-state index in [-0.39, 0.29) is 5.82 Å². The summed E-state index contributed by atoms with van der Waals surface area (Å²) in [5.41, 5.74) is 2.87. The molecular weight excluding hydrogens is 387 g/mol. The van der Waals surface area contributed by atoms with Gasteiger partial charge in [0.05, 0.1) is 12.0 Å². The number of aryl methyl sites for hydroxylation is 2. The SMILES string of the molecule is CCN(C)/C=N/c1cc(C)c(Oc2ccnc(Sc3cccc(F)c3)n2)cc1C. The Labute approximate surface area is 174 Å². The molecule has 5 nitrogen and oxygen atoms in total. The van der Waals surface area contributed by atoms with Gasteiger partial charge in [-0.1, -0.05) is 6.07 Å². The van der Waals surface area contributed by atoms with Crippen molar-refractivity contribution in [3.8, 4) is 11.6 Å². The van der Waals surface area contributed by atoms with Crippen molar-refractivity contribution in [2.75, 3.05) is 13.6 Å². The van der Waals surface area contributed by atoms with Crippen LogP contribution in [0.15, 0.2) is 63.7 Å². The van der Waals surface area contributed by atoms with Crippen LogP contribution >= 0.6 is 11.8 Å². The lowest BCUT2D eigenvalue weighted by Crippen LogP contribution is -2.14. The highest BCUT2D eigenvalue weighted by molar-refractivity contribution is 7.99. The molecule has 0 bridgehead atoms. The Bertz CT molecular complexity index is 1030. The minimum absolute atomic E-state index is 0.290. The average Bonchev–Trinajstić information content (AvgIpc) is 2.69. The lowest BCUT2D eigenvalue weighted by molar-refractivity contribution is 0.452. The fraction of sp³-hybridized carbons (Fsp3) is 0.227. The van der Waals surface area contributed by atoms with Crippen molar-refractivity contribution in [3.05, 3.63) is 65.6 Å². The van der Waals surface area contributed by atoms with Gasteiger partial charge in [-0.15, -0.1) is 0 Å². The number of benzene rings is 2. The lowest BCUT2D eigenvalue weighted by Gasteiger charge is -2.12. The Morgan fingerprint density at radius 1 is 1.17 bits per heavy atom. The molecule has 0 aliphatic heterocycles. The summed E-state index contributed by atoms with van der Waals surface area (Å²) in [6.07, 6.45) is 3.45. The zero-order chi connectivity index (χ0) is 20.8. The van der Waals surface area contributed by atoms with Crippen LogP contribution in [0, 0.1) is 19.7 Å². The first-order valence-corrected chi connectivity index (χ1v) is 10.1. The number of hydrogen-bond donors (Lipinski definition) is 0. The van der Waals surface area contributed by atoms with Crippen molar-refractivity contribution in [2.24, 2.45) is 4.99 Å². The van der Waals surface area contributed by atoms with Crippen LogP contribution in [0.4, 0.5) is 10.1 Å². The Hall–Kier alpha value is -2.93. The number of halogens is 1. The summed E-state index contributed by atoms with van der Waals surface area (Å²) < 4.78 is 19.4. The number of aromatic nitrogens is 2. The molecule has 0 atom stereocenters. The zero-order valence-electron chi connectivity index (χ0n) is 16.9. The van der Waals surface area contributed by atoms with E-state index in [0.717, 1.165) is 28.3 Å². The minimum Gasteiger partial charge on any atom is -0.439 e. The van der Waals surface area contributed by atoms with Gasteiger partial charge in [-0.05, 0) is 74.0 Å². The normalized spacial score (nSPS) is 11.1. The molecule has 0 aliphatic carbocycles. The molecule has 1 aromatic heterocycles. The maximum absolute atomic E-state index is 13.4. The molecule has 29 heavy (non-hydrogen) atoms. The second kappa shape index (κ2) is 9.52. The van der Waals surface area contributed by atoms with E-state index in [1.54, 1.807) is 18.3 Å². The monoisotopic (exact) mass is 410 g/mol.